The van der Waals surface area contributed by atoms with Gasteiger partial charge >= 0.3 is 6.09 Å². The Kier molecular flexibility index (Phi) is 13.7. The number of carbonyl (C=O) groups is 3. The second-order valence-corrected chi connectivity index (χ2v) is 12.9. The Morgan fingerprint density at radius 3 is 2.38 bits per heavy atom. The molecule has 2 N–H and O–H groups in total. The van der Waals surface area contributed by atoms with E-state index in [1.54, 1.807) is 0 Å². The standard InChI is InChI=1S/C36H53N5O4/c1-28(2)37-35(43)30-15-12-22-41(27-30)21-11-5-8-18-34(42)39(3)25-26-40-23-19-31(20-24-40)45-36(44)38-33-17-10-9-16-32(33)29-13-6-4-7-14-29/h4,6-7,9-10,13-14,16-17,28,30-31H,5,8,11-12,15,18-27H2,1-3H3,(H,37,43)(H,38,44)/t30-/m1/s1. The van der Waals surface area contributed by atoms with E-state index in [2.05, 4.69) is 20.4 Å². The number of hydrogen-bond acceptors (Lipinski definition) is 6. The molecule has 9 heteroatoms. The zero-order chi connectivity index (χ0) is 32.0. The zero-order valence-corrected chi connectivity index (χ0v) is 27.5. The molecule has 0 spiro atoms. The van der Waals surface area contributed by atoms with Crippen LogP contribution in [-0.2, 0) is 14.3 Å². The number of unbranched alkanes of at least 4 members (excludes halogenated alkanes) is 2. The van der Waals surface area contributed by atoms with Crippen molar-refractivity contribution in [2.24, 2.45) is 5.92 Å². The van der Waals surface area contributed by atoms with Crippen LogP contribution < -0.4 is 10.6 Å². The second kappa shape index (κ2) is 17.9. The van der Waals surface area contributed by atoms with Gasteiger partial charge in [-0.3, -0.25) is 14.9 Å². The lowest BCUT2D eigenvalue weighted by atomic mass is 9.96. The first-order valence-electron chi connectivity index (χ1n) is 16.9. The molecule has 9 nitrogen and oxygen atoms in total. The molecular weight excluding hydrogens is 566 g/mol. The third-order valence-corrected chi connectivity index (χ3v) is 8.91. The van der Waals surface area contributed by atoms with Gasteiger partial charge in [-0.15, -0.1) is 0 Å². The zero-order valence-electron chi connectivity index (χ0n) is 27.5. The van der Waals surface area contributed by atoms with Crippen molar-refractivity contribution in [2.45, 2.75) is 77.4 Å². The number of benzene rings is 2. The monoisotopic (exact) mass is 619 g/mol. The molecule has 4 rings (SSSR count). The lowest BCUT2D eigenvalue weighted by Crippen LogP contribution is -2.44. The molecule has 3 amide bonds. The molecule has 2 aromatic rings. The molecule has 1 atom stereocenters. The van der Waals surface area contributed by atoms with E-state index >= 15 is 0 Å². The Morgan fingerprint density at radius 1 is 0.889 bits per heavy atom. The van der Waals surface area contributed by atoms with Crippen LogP contribution in [0.5, 0.6) is 0 Å². The Balaban J connectivity index is 1.06. The van der Waals surface area contributed by atoms with Crippen LogP contribution in [0.3, 0.4) is 0 Å². The Hall–Kier alpha value is -3.43. The Morgan fingerprint density at radius 2 is 1.62 bits per heavy atom. The van der Waals surface area contributed by atoms with E-state index < -0.39 is 6.09 Å². The highest BCUT2D eigenvalue weighted by atomic mass is 16.6. The highest BCUT2D eigenvalue weighted by Gasteiger charge is 2.26. The van der Waals surface area contributed by atoms with Gasteiger partial charge in [0.15, 0.2) is 0 Å². The highest BCUT2D eigenvalue weighted by Crippen LogP contribution is 2.28. The average molecular weight is 620 g/mol. The van der Waals surface area contributed by atoms with Crippen LogP contribution in [0.4, 0.5) is 10.5 Å². The molecule has 0 unspecified atom stereocenters. The maximum atomic E-state index is 12.7. The van der Waals surface area contributed by atoms with Crippen LogP contribution in [0.25, 0.3) is 11.1 Å². The van der Waals surface area contributed by atoms with Gasteiger partial charge in [0.2, 0.25) is 11.8 Å². The van der Waals surface area contributed by atoms with Gasteiger partial charge in [-0.05, 0) is 77.1 Å². The fourth-order valence-corrected chi connectivity index (χ4v) is 6.27. The number of likely N-dealkylation sites (N-methyl/N-ethyl adjacent to an activating group) is 1. The Labute approximate surface area is 269 Å². The van der Waals surface area contributed by atoms with Crippen molar-refractivity contribution < 1.29 is 19.1 Å². The maximum Gasteiger partial charge on any atom is 0.411 e. The number of rotatable bonds is 14. The van der Waals surface area contributed by atoms with Gasteiger partial charge in [-0.25, -0.2) is 4.79 Å². The lowest BCUT2D eigenvalue weighted by Gasteiger charge is -2.32. The summed E-state index contributed by atoms with van der Waals surface area (Å²) in [5, 5.41) is 5.99. The molecule has 2 fully saturated rings. The fourth-order valence-electron chi connectivity index (χ4n) is 6.27. The van der Waals surface area contributed by atoms with Gasteiger partial charge in [0.05, 0.1) is 11.6 Å². The van der Waals surface area contributed by atoms with Gasteiger partial charge < -0.3 is 24.8 Å². The number of nitrogens with one attached hydrogen (secondary N) is 2. The van der Waals surface area contributed by atoms with Crippen molar-refractivity contribution in [3.63, 3.8) is 0 Å². The van der Waals surface area contributed by atoms with E-state index in [4.69, 9.17) is 4.74 Å². The van der Waals surface area contributed by atoms with E-state index in [1.165, 1.54) is 0 Å². The quantitative estimate of drug-likeness (QED) is 0.267. The summed E-state index contributed by atoms with van der Waals surface area (Å²) < 4.78 is 5.77. The van der Waals surface area contributed by atoms with Crippen molar-refractivity contribution in [3.05, 3.63) is 54.6 Å². The third-order valence-electron chi connectivity index (χ3n) is 8.91. The first-order valence-corrected chi connectivity index (χ1v) is 16.9. The van der Waals surface area contributed by atoms with Gasteiger partial charge in [0.1, 0.15) is 6.10 Å². The molecular formula is C36H53N5O4. The number of piperidine rings is 2. The molecule has 45 heavy (non-hydrogen) atoms. The molecule has 0 aliphatic carbocycles. The van der Waals surface area contributed by atoms with Gasteiger partial charge in [-0.2, -0.15) is 0 Å². The van der Waals surface area contributed by atoms with Gasteiger partial charge in [-0.1, -0.05) is 55.0 Å². The van der Waals surface area contributed by atoms with Crippen LogP contribution >= 0.6 is 0 Å². The van der Waals surface area contributed by atoms with Crippen molar-refractivity contribution in [3.8, 4) is 11.1 Å². The summed E-state index contributed by atoms with van der Waals surface area (Å²) in [5.41, 5.74) is 2.74. The topological polar surface area (TPSA) is 94.2 Å². The Bertz CT molecular complexity index is 1210. The van der Waals surface area contributed by atoms with Crippen LogP contribution in [-0.4, -0.2) is 97.6 Å². The van der Waals surface area contributed by atoms with Crippen LogP contribution in [0.15, 0.2) is 54.6 Å². The molecule has 0 radical (unpaired) electrons. The summed E-state index contributed by atoms with van der Waals surface area (Å²) >= 11 is 0. The van der Waals surface area contributed by atoms with E-state index in [0.29, 0.717) is 13.0 Å². The number of ether oxygens (including phenoxy) is 1. The number of carbonyl (C=O) groups excluding carboxylic acids is 3. The van der Waals surface area contributed by atoms with Crippen LogP contribution in [0.2, 0.25) is 0 Å². The summed E-state index contributed by atoms with van der Waals surface area (Å²) in [5.74, 6) is 0.483. The van der Waals surface area contributed by atoms with E-state index in [1.807, 2.05) is 80.4 Å². The number of nitrogens with zero attached hydrogens (tertiary/aromatic N) is 3. The fraction of sp³-hybridized carbons (Fsp3) is 0.583. The molecule has 2 aliphatic heterocycles. The van der Waals surface area contributed by atoms with Crippen molar-refractivity contribution in [1.29, 1.82) is 0 Å². The summed E-state index contributed by atoms with van der Waals surface area (Å²) in [6.45, 7) is 10.1. The molecule has 0 bridgehead atoms. The molecule has 0 aromatic heterocycles. The average Bonchev–Trinajstić information content (AvgIpc) is 3.04. The summed E-state index contributed by atoms with van der Waals surface area (Å²) in [7, 11) is 1.89. The van der Waals surface area contributed by atoms with Crippen LogP contribution in [0.1, 0.15) is 65.2 Å². The largest absolute Gasteiger partial charge is 0.446 e. The van der Waals surface area contributed by atoms with Crippen LogP contribution in [0, 0.1) is 5.92 Å². The predicted molar refractivity (Wildman–Crippen MR) is 180 cm³/mol. The molecule has 246 valence electrons. The highest BCUT2D eigenvalue weighted by molar-refractivity contribution is 5.91. The smallest absolute Gasteiger partial charge is 0.411 e. The van der Waals surface area contributed by atoms with E-state index in [9.17, 15) is 14.4 Å². The molecule has 2 heterocycles. The van der Waals surface area contributed by atoms with Gasteiger partial charge in [0.25, 0.3) is 0 Å². The number of likely N-dealkylation sites (tertiary alicyclic amines) is 2. The first kappa shape index (κ1) is 34.4. The number of hydrogen-bond donors (Lipinski definition) is 2. The molecule has 2 aromatic carbocycles. The van der Waals surface area contributed by atoms with Crippen molar-refractivity contribution >= 4 is 23.6 Å². The summed E-state index contributed by atoms with van der Waals surface area (Å²) in [4.78, 5) is 44.4. The number of amides is 3. The SMILES string of the molecule is CC(C)NC(=O)[C@@H]1CCCN(CCCCCC(=O)N(C)CCN2CCC(OC(=O)Nc3ccccc3-c3ccccc3)CC2)C1. The third kappa shape index (κ3) is 11.5. The molecule has 2 saturated heterocycles. The second-order valence-electron chi connectivity index (χ2n) is 12.9. The minimum absolute atomic E-state index is 0.0996. The summed E-state index contributed by atoms with van der Waals surface area (Å²) in [6.07, 6.45) is 6.64. The molecule has 2 aliphatic rings. The lowest BCUT2D eigenvalue weighted by molar-refractivity contribution is -0.130. The van der Waals surface area contributed by atoms with Crippen molar-refractivity contribution in [1.82, 2.24) is 20.0 Å². The number of para-hydroxylation sites is 1. The normalized spacial score (nSPS) is 18.0. The van der Waals surface area contributed by atoms with E-state index in [0.717, 1.165) is 101 Å². The first-order chi connectivity index (χ1) is 21.8. The predicted octanol–water partition coefficient (Wildman–Crippen LogP) is 5.62. The minimum atomic E-state index is -0.420. The number of anilines is 1. The minimum Gasteiger partial charge on any atom is -0.446 e. The summed E-state index contributed by atoms with van der Waals surface area (Å²) in [6, 6.07) is 17.9. The van der Waals surface area contributed by atoms with E-state index in [-0.39, 0.29) is 29.9 Å². The van der Waals surface area contributed by atoms with Crippen molar-refractivity contribution in [2.75, 3.05) is 58.2 Å². The van der Waals surface area contributed by atoms with Gasteiger partial charge in [0, 0.05) is 57.8 Å². The maximum absolute atomic E-state index is 12.7. The molecule has 0 saturated carbocycles.